The Bertz CT molecular complexity index is 1210. The van der Waals surface area contributed by atoms with E-state index >= 15 is 0 Å². The van der Waals surface area contributed by atoms with Crippen molar-refractivity contribution in [1.82, 2.24) is 20.1 Å². The van der Waals surface area contributed by atoms with Crippen LogP contribution in [0, 0.1) is 0 Å². The number of hydrogen-bond donors (Lipinski definition) is 1. The number of amides is 1. The Morgan fingerprint density at radius 2 is 1.88 bits per heavy atom. The van der Waals surface area contributed by atoms with Gasteiger partial charge in [-0.25, -0.2) is 0 Å². The molecule has 0 spiro atoms. The number of ether oxygens (including phenoxy) is 2. The minimum absolute atomic E-state index is 0.134. The van der Waals surface area contributed by atoms with Crippen molar-refractivity contribution in [2.75, 3.05) is 27.4 Å². The summed E-state index contributed by atoms with van der Waals surface area (Å²) < 4.78 is 18.1. The lowest BCUT2D eigenvalue weighted by molar-refractivity contribution is 0.0936. The van der Waals surface area contributed by atoms with Gasteiger partial charge >= 0.3 is 0 Å². The molecule has 1 amide bonds. The van der Waals surface area contributed by atoms with Crippen LogP contribution < -0.4 is 10.1 Å². The van der Waals surface area contributed by atoms with Gasteiger partial charge in [0, 0.05) is 25.0 Å². The highest BCUT2D eigenvalue weighted by Gasteiger charge is 2.21. The van der Waals surface area contributed by atoms with Crippen LogP contribution >= 0.6 is 11.8 Å². The van der Waals surface area contributed by atoms with Crippen LogP contribution in [0.2, 0.25) is 0 Å². The SMILES string of the molecule is COCCNC(=O)c1ccccc1CSc1nnc(-c2ccco2)n1-c1ccccc1OC. The predicted octanol–water partition coefficient (Wildman–Crippen LogP) is 4.20. The van der Waals surface area contributed by atoms with Gasteiger partial charge in [-0.05, 0) is 35.9 Å². The highest BCUT2D eigenvalue weighted by molar-refractivity contribution is 7.98. The fourth-order valence-electron chi connectivity index (χ4n) is 3.33. The van der Waals surface area contributed by atoms with E-state index < -0.39 is 0 Å². The number of benzene rings is 2. The van der Waals surface area contributed by atoms with Gasteiger partial charge in [0.15, 0.2) is 10.9 Å². The molecule has 2 aromatic carbocycles. The first-order valence-corrected chi connectivity index (χ1v) is 11.3. The first-order chi connectivity index (χ1) is 16.2. The summed E-state index contributed by atoms with van der Waals surface area (Å²) in [6.07, 6.45) is 1.60. The van der Waals surface area contributed by atoms with E-state index in [0.717, 1.165) is 11.3 Å². The maximum absolute atomic E-state index is 12.6. The summed E-state index contributed by atoms with van der Waals surface area (Å²) in [5, 5.41) is 12.3. The number of aromatic nitrogens is 3. The molecule has 2 heterocycles. The maximum Gasteiger partial charge on any atom is 0.251 e. The van der Waals surface area contributed by atoms with E-state index in [9.17, 15) is 4.79 Å². The number of thioether (sulfide) groups is 1. The molecule has 4 aromatic rings. The molecule has 8 nitrogen and oxygen atoms in total. The molecular formula is C24H24N4O4S. The maximum atomic E-state index is 12.6. The zero-order valence-corrected chi connectivity index (χ0v) is 19.2. The lowest BCUT2D eigenvalue weighted by Gasteiger charge is -2.13. The molecule has 0 aliphatic carbocycles. The van der Waals surface area contributed by atoms with E-state index in [2.05, 4.69) is 15.5 Å². The summed E-state index contributed by atoms with van der Waals surface area (Å²) in [5.41, 5.74) is 2.31. The molecule has 9 heteroatoms. The molecule has 0 unspecified atom stereocenters. The Hall–Kier alpha value is -3.56. The van der Waals surface area contributed by atoms with Gasteiger partial charge < -0.3 is 19.2 Å². The van der Waals surface area contributed by atoms with E-state index in [1.54, 1.807) is 20.5 Å². The van der Waals surface area contributed by atoms with Gasteiger partial charge in [-0.2, -0.15) is 0 Å². The number of para-hydroxylation sites is 2. The van der Waals surface area contributed by atoms with Crippen LogP contribution in [0.3, 0.4) is 0 Å². The second-order valence-electron chi connectivity index (χ2n) is 6.99. The van der Waals surface area contributed by atoms with E-state index in [-0.39, 0.29) is 5.91 Å². The summed E-state index contributed by atoms with van der Waals surface area (Å²) in [6, 6.07) is 18.8. The fourth-order valence-corrected chi connectivity index (χ4v) is 4.28. The third kappa shape index (κ3) is 5.10. The first-order valence-electron chi connectivity index (χ1n) is 10.3. The van der Waals surface area contributed by atoms with Crippen LogP contribution in [0.15, 0.2) is 76.5 Å². The molecule has 0 saturated heterocycles. The van der Waals surface area contributed by atoms with Crippen molar-refractivity contribution in [3.8, 4) is 23.0 Å². The molecule has 0 fully saturated rings. The lowest BCUT2D eigenvalue weighted by atomic mass is 10.1. The van der Waals surface area contributed by atoms with Crippen LogP contribution in [0.25, 0.3) is 17.3 Å². The van der Waals surface area contributed by atoms with E-state index in [4.69, 9.17) is 13.9 Å². The normalized spacial score (nSPS) is 10.8. The predicted molar refractivity (Wildman–Crippen MR) is 126 cm³/mol. The van der Waals surface area contributed by atoms with Gasteiger partial charge in [0.2, 0.25) is 5.82 Å². The van der Waals surface area contributed by atoms with Crippen molar-refractivity contribution >= 4 is 17.7 Å². The first kappa shape index (κ1) is 22.6. The van der Waals surface area contributed by atoms with Crippen LogP contribution in [0.4, 0.5) is 0 Å². The molecule has 0 aliphatic heterocycles. The van der Waals surface area contributed by atoms with Gasteiger partial charge in [-0.3, -0.25) is 9.36 Å². The molecule has 170 valence electrons. The Labute approximate surface area is 195 Å². The fraction of sp³-hybridized carbons (Fsp3) is 0.208. The lowest BCUT2D eigenvalue weighted by Crippen LogP contribution is -2.27. The van der Waals surface area contributed by atoms with Crippen molar-refractivity contribution in [3.05, 3.63) is 78.1 Å². The number of methoxy groups -OCH3 is 2. The summed E-state index contributed by atoms with van der Waals surface area (Å²) in [6.45, 7) is 0.908. The van der Waals surface area contributed by atoms with Crippen molar-refractivity contribution in [1.29, 1.82) is 0 Å². The second kappa shape index (κ2) is 10.8. The number of rotatable bonds is 10. The molecule has 1 N–H and O–H groups in total. The molecule has 0 atom stereocenters. The average Bonchev–Trinajstić information content (AvgIpc) is 3.53. The molecule has 2 aromatic heterocycles. The molecule has 0 radical (unpaired) electrons. The van der Waals surface area contributed by atoms with Gasteiger partial charge in [0.05, 0.1) is 25.7 Å². The van der Waals surface area contributed by atoms with Gasteiger partial charge in [-0.1, -0.05) is 42.1 Å². The van der Waals surface area contributed by atoms with Crippen molar-refractivity contribution in [2.45, 2.75) is 10.9 Å². The number of hydrogen-bond acceptors (Lipinski definition) is 7. The highest BCUT2D eigenvalue weighted by atomic mass is 32.2. The Balaban J connectivity index is 1.65. The quantitative estimate of drug-likeness (QED) is 0.278. The number of carbonyl (C=O) groups excluding carboxylic acids is 1. The number of carbonyl (C=O) groups is 1. The van der Waals surface area contributed by atoms with Crippen molar-refractivity contribution in [2.24, 2.45) is 0 Å². The summed E-state index contributed by atoms with van der Waals surface area (Å²) in [5.74, 6) is 2.24. The minimum Gasteiger partial charge on any atom is -0.495 e. The number of nitrogens with zero attached hydrogens (tertiary/aromatic N) is 3. The Morgan fingerprint density at radius 3 is 2.67 bits per heavy atom. The minimum atomic E-state index is -0.134. The monoisotopic (exact) mass is 464 g/mol. The molecule has 4 rings (SSSR count). The zero-order chi connectivity index (χ0) is 23.0. The second-order valence-corrected chi connectivity index (χ2v) is 7.93. The highest BCUT2D eigenvalue weighted by Crippen LogP contribution is 2.34. The van der Waals surface area contributed by atoms with Crippen LogP contribution in [-0.2, 0) is 10.5 Å². The van der Waals surface area contributed by atoms with Crippen LogP contribution in [-0.4, -0.2) is 48.0 Å². The molecule has 33 heavy (non-hydrogen) atoms. The van der Waals surface area contributed by atoms with Crippen LogP contribution in [0.1, 0.15) is 15.9 Å². The molecule has 0 aliphatic rings. The molecular weight excluding hydrogens is 440 g/mol. The number of furan rings is 1. The smallest absolute Gasteiger partial charge is 0.251 e. The van der Waals surface area contributed by atoms with E-state index in [1.165, 1.54) is 11.8 Å². The standard InChI is InChI=1S/C24H24N4O4S/c1-30-15-13-25-23(29)18-9-4-3-8-17(18)16-33-24-27-26-22(21-12-7-14-32-21)28(24)19-10-5-6-11-20(19)31-2/h3-12,14H,13,15-16H2,1-2H3,(H,25,29). The van der Waals surface area contributed by atoms with Gasteiger partial charge in [0.1, 0.15) is 5.75 Å². The van der Waals surface area contributed by atoms with Gasteiger partial charge in [0.25, 0.3) is 5.91 Å². The molecule has 0 saturated carbocycles. The van der Waals surface area contributed by atoms with Crippen LogP contribution in [0.5, 0.6) is 5.75 Å². The topological polar surface area (TPSA) is 91.4 Å². The third-order valence-corrected chi connectivity index (χ3v) is 5.89. The largest absolute Gasteiger partial charge is 0.495 e. The Morgan fingerprint density at radius 1 is 1.06 bits per heavy atom. The van der Waals surface area contributed by atoms with Gasteiger partial charge in [-0.15, -0.1) is 10.2 Å². The summed E-state index contributed by atoms with van der Waals surface area (Å²) in [4.78, 5) is 12.6. The van der Waals surface area contributed by atoms with Crippen molar-refractivity contribution < 1.29 is 18.7 Å². The molecule has 0 bridgehead atoms. The summed E-state index contributed by atoms with van der Waals surface area (Å²) >= 11 is 1.48. The zero-order valence-electron chi connectivity index (χ0n) is 18.4. The number of nitrogens with one attached hydrogen (secondary N) is 1. The summed E-state index contributed by atoms with van der Waals surface area (Å²) in [7, 11) is 3.23. The third-order valence-electron chi connectivity index (χ3n) is 4.91. The van der Waals surface area contributed by atoms with E-state index in [0.29, 0.717) is 47.0 Å². The Kier molecular flexibility index (Phi) is 7.43. The average molecular weight is 465 g/mol. The van der Waals surface area contributed by atoms with E-state index in [1.807, 2.05) is 65.2 Å². The van der Waals surface area contributed by atoms with Crippen molar-refractivity contribution in [3.63, 3.8) is 0 Å².